The molecule has 0 unspecified atom stereocenters. The van der Waals surface area contributed by atoms with Crippen LogP contribution in [0.5, 0.6) is 0 Å². The molecular weight excluding hydrogens is 369 g/mol. The fourth-order valence-electron chi connectivity index (χ4n) is 3.77. The summed E-state index contributed by atoms with van der Waals surface area (Å²) in [4.78, 5) is 20.6. The third kappa shape index (κ3) is 6.61. The topological polar surface area (TPSA) is 60.0 Å². The van der Waals surface area contributed by atoms with Crippen molar-refractivity contribution in [2.24, 2.45) is 10.9 Å². The number of guanidine groups is 1. The van der Waals surface area contributed by atoms with Crippen molar-refractivity contribution in [2.75, 3.05) is 44.7 Å². The van der Waals surface area contributed by atoms with Gasteiger partial charge in [0, 0.05) is 46.2 Å². The van der Waals surface area contributed by atoms with E-state index in [0.717, 1.165) is 57.1 Å². The van der Waals surface area contributed by atoms with Gasteiger partial charge < -0.3 is 20.4 Å². The molecule has 29 heavy (non-hydrogen) atoms. The van der Waals surface area contributed by atoms with Gasteiger partial charge in [0.15, 0.2) is 5.96 Å². The number of hydrogen-bond acceptors (Lipinski definition) is 3. The van der Waals surface area contributed by atoms with Crippen LogP contribution >= 0.6 is 0 Å². The van der Waals surface area contributed by atoms with E-state index in [-0.39, 0.29) is 11.7 Å². The Hall–Kier alpha value is -2.31. The minimum absolute atomic E-state index is 0.110. The highest BCUT2D eigenvalue weighted by atomic mass is 19.1. The standard InChI is InChI=1S/C22H36FN5O/c1-5-25-22(28-12-10-17(11-13-28)15-21(29)24-4)26-16-18-8-9-20(19(23)14-18)27(6-2)7-3/h8-9,14,17H,5-7,10-13,15-16H2,1-4H3,(H,24,29)(H,25,26). The molecule has 1 heterocycles. The summed E-state index contributed by atoms with van der Waals surface area (Å²) in [5, 5.41) is 6.05. The van der Waals surface area contributed by atoms with Crippen molar-refractivity contribution < 1.29 is 9.18 Å². The number of rotatable bonds is 8. The largest absolute Gasteiger partial charge is 0.370 e. The van der Waals surface area contributed by atoms with Gasteiger partial charge in [-0.15, -0.1) is 0 Å². The Balaban J connectivity index is 2.01. The molecule has 0 aromatic heterocycles. The van der Waals surface area contributed by atoms with Crippen LogP contribution in [0.15, 0.2) is 23.2 Å². The first-order valence-corrected chi connectivity index (χ1v) is 10.8. The van der Waals surface area contributed by atoms with Gasteiger partial charge in [0.05, 0.1) is 12.2 Å². The Bertz CT molecular complexity index is 682. The lowest BCUT2D eigenvalue weighted by Crippen LogP contribution is -2.46. The zero-order chi connectivity index (χ0) is 21.2. The van der Waals surface area contributed by atoms with Gasteiger partial charge in [-0.05, 0) is 57.2 Å². The number of carbonyl (C=O) groups is 1. The molecule has 0 radical (unpaired) electrons. The molecule has 0 atom stereocenters. The number of amides is 1. The van der Waals surface area contributed by atoms with Gasteiger partial charge in [-0.3, -0.25) is 4.79 Å². The molecule has 6 nitrogen and oxygen atoms in total. The molecular formula is C22H36FN5O. The second kappa shape index (κ2) is 11.6. The Morgan fingerprint density at radius 3 is 2.48 bits per heavy atom. The summed E-state index contributed by atoms with van der Waals surface area (Å²) < 4.78 is 14.5. The SMILES string of the molecule is CCNC(=NCc1ccc(N(CC)CC)c(F)c1)N1CCC(CC(=O)NC)CC1. The number of nitrogens with zero attached hydrogens (tertiary/aromatic N) is 3. The fraction of sp³-hybridized carbons (Fsp3) is 0.636. The van der Waals surface area contributed by atoms with Crippen molar-refractivity contribution in [1.82, 2.24) is 15.5 Å². The Labute approximate surface area is 174 Å². The van der Waals surface area contributed by atoms with E-state index >= 15 is 0 Å². The third-order valence-electron chi connectivity index (χ3n) is 5.53. The van der Waals surface area contributed by atoms with E-state index in [1.54, 1.807) is 13.1 Å². The number of piperidine rings is 1. The van der Waals surface area contributed by atoms with E-state index in [9.17, 15) is 9.18 Å². The van der Waals surface area contributed by atoms with Crippen molar-refractivity contribution in [2.45, 2.75) is 46.6 Å². The lowest BCUT2D eigenvalue weighted by molar-refractivity contribution is -0.121. The maximum Gasteiger partial charge on any atom is 0.220 e. The van der Waals surface area contributed by atoms with E-state index in [0.29, 0.717) is 24.6 Å². The van der Waals surface area contributed by atoms with Gasteiger partial charge in [-0.2, -0.15) is 0 Å². The third-order valence-corrected chi connectivity index (χ3v) is 5.53. The molecule has 1 saturated heterocycles. The van der Waals surface area contributed by atoms with Crippen LogP contribution in [0.25, 0.3) is 0 Å². The van der Waals surface area contributed by atoms with Gasteiger partial charge in [-0.1, -0.05) is 6.07 Å². The number of halogens is 1. The maximum atomic E-state index is 14.5. The normalized spacial score (nSPS) is 15.3. The number of hydrogen-bond donors (Lipinski definition) is 2. The second-order valence-electron chi connectivity index (χ2n) is 7.44. The van der Waals surface area contributed by atoms with Crippen LogP contribution in [0.1, 0.15) is 45.6 Å². The Kier molecular flexibility index (Phi) is 9.22. The van der Waals surface area contributed by atoms with Crippen molar-refractivity contribution in [1.29, 1.82) is 0 Å². The molecule has 1 aliphatic heterocycles. The van der Waals surface area contributed by atoms with Gasteiger partial charge in [0.25, 0.3) is 0 Å². The smallest absolute Gasteiger partial charge is 0.220 e. The molecule has 1 aromatic rings. The van der Waals surface area contributed by atoms with Crippen LogP contribution in [-0.4, -0.2) is 56.5 Å². The number of nitrogens with one attached hydrogen (secondary N) is 2. The quantitative estimate of drug-likeness (QED) is 0.516. The molecule has 0 spiro atoms. The minimum Gasteiger partial charge on any atom is -0.370 e. The lowest BCUT2D eigenvalue weighted by Gasteiger charge is -2.34. The van der Waals surface area contributed by atoms with E-state index < -0.39 is 0 Å². The number of anilines is 1. The molecule has 0 bridgehead atoms. The number of carbonyl (C=O) groups excluding carboxylic acids is 1. The highest BCUT2D eigenvalue weighted by molar-refractivity contribution is 5.80. The summed E-state index contributed by atoms with van der Waals surface area (Å²) in [5.74, 6) is 1.20. The predicted octanol–water partition coefficient (Wildman–Crippen LogP) is 2.99. The molecule has 2 N–H and O–H groups in total. The first kappa shape index (κ1) is 23.0. The molecule has 1 fully saturated rings. The van der Waals surface area contributed by atoms with Crippen molar-refractivity contribution in [3.05, 3.63) is 29.6 Å². The first-order valence-electron chi connectivity index (χ1n) is 10.8. The van der Waals surface area contributed by atoms with Gasteiger partial charge in [0.2, 0.25) is 5.91 Å². The summed E-state index contributed by atoms with van der Waals surface area (Å²) in [6, 6.07) is 5.40. The molecule has 0 saturated carbocycles. The highest BCUT2D eigenvalue weighted by Gasteiger charge is 2.23. The van der Waals surface area contributed by atoms with Gasteiger partial charge in [0.1, 0.15) is 5.82 Å². The molecule has 1 aromatic carbocycles. The molecule has 162 valence electrons. The summed E-state index contributed by atoms with van der Waals surface area (Å²) in [6.45, 7) is 10.7. The zero-order valence-electron chi connectivity index (χ0n) is 18.3. The summed E-state index contributed by atoms with van der Waals surface area (Å²) in [6.07, 6.45) is 2.55. The Morgan fingerprint density at radius 2 is 1.93 bits per heavy atom. The van der Waals surface area contributed by atoms with E-state index in [1.807, 2.05) is 37.8 Å². The first-order chi connectivity index (χ1) is 14.0. The molecule has 0 aliphatic carbocycles. The van der Waals surface area contributed by atoms with Crippen LogP contribution in [0.4, 0.5) is 10.1 Å². The highest BCUT2D eigenvalue weighted by Crippen LogP contribution is 2.22. The average Bonchev–Trinajstić information content (AvgIpc) is 2.73. The molecule has 2 rings (SSSR count). The van der Waals surface area contributed by atoms with Gasteiger partial charge >= 0.3 is 0 Å². The van der Waals surface area contributed by atoms with Crippen molar-refractivity contribution in [3.8, 4) is 0 Å². The second-order valence-corrected chi connectivity index (χ2v) is 7.44. The van der Waals surface area contributed by atoms with E-state index in [4.69, 9.17) is 4.99 Å². The fourth-order valence-corrected chi connectivity index (χ4v) is 3.77. The molecule has 1 amide bonds. The lowest BCUT2D eigenvalue weighted by atomic mass is 9.93. The monoisotopic (exact) mass is 405 g/mol. The van der Waals surface area contributed by atoms with Crippen molar-refractivity contribution >= 4 is 17.6 Å². The molecule has 7 heteroatoms. The van der Waals surface area contributed by atoms with Crippen LogP contribution in [0.3, 0.4) is 0 Å². The van der Waals surface area contributed by atoms with E-state index in [1.165, 1.54) is 0 Å². The number of likely N-dealkylation sites (tertiary alicyclic amines) is 1. The minimum atomic E-state index is -0.193. The van der Waals surface area contributed by atoms with Crippen LogP contribution < -0.4 is 15.5 Å². The predicted molar refractivity (Wildman–Crippen MR) is 118 cm³/mol. The summed E-state index contributed by atoms with van der Waals surface area (Å²) in [5.41, 5.74) is 1.51. The van der Waals surface area contributed by atoms with Crippen LogP contribution in [0.2, 0.25) is 0 Å². The number of aliphatic imine (C=N–C) groups is 1. The molecule has 1 aliphatic rings. The number of benzene rings is 1. The van der Waals surface area contributed by atoms with Crippen molar-refractivity contribution in [3.63, 3.8) is 0 Å². The zero-order valence-corrected chi connectivity index (χ0v) is 18.3. The Morgan fingerprint density at radius 1 is 1.24 bits per heavy atom. The van der Waals surface area contributed by atoms with Crippen LogP contribution in [0, 0.1) is 11.7 Å². The summed E-state index contributed by atoms with van der Waals surface area (Å²) in [7, 11) is 1.69. The summed E-state index contributed by atoms with van der Waals surface area (Å²) >= 11 is 0. The van der Waals surface area contributed by atoms with E-state index in [2.05, 4.69) is 15.5 Å². The maximum absolute atomic E-state index is 14.5. The van der Waals surface area contributed by atoms with Crippen LogP contribution in [-0.2, 0) is 11.3 Å². The van der Waals surface area contributed by atoms with Gasteiger partial charge in [-0.25, -0.2) is 9.38 Å². The average molecular weight is 406 g/mol.